The smallest absolute Gasteiger partial charge is 0.407 e. The molecule has 0 saturated carbocycles. The molecule has 1 amide bonds. The largest absolute Gasteiger partial charge is 0.444 e. The molecule has 142 valence electrons. The predicted octanol–water partition coefficient (Wildman–Crippen LogP) is 1.73. The maximum atomic E-state index is 11.8. The van der Waals surface area contributed by atoms with Crippen LogP contribution in [0.3, 0.4) is 0 Å². The van der Waals surface area contributed by atoms with Crippen LogP contribution in [0, 0.1) is 0 Å². The van der Waals surface area contributed by atoms with E-state index in [2.05, 4.69) is 39.4 Å². The number of alkyl carbamates (subject to hydrolysis) is 1. The number of hydrogen-bond acceptors (Lipinski definition) is 4. The Balaban J connectivity index is 0.00000529. The van der Waals surface area contributed by atoms with Crippen molar-refractivity contribution in [1.82, 2.24) is 20.4 Å². The molecule has 0 aromatic carbocycles. The summed E-state index contributed by atoms with van der Waals surface area (Å²) in [6, 6.07) is 0.0988. The van der Waals surface area contributed by atoms with Gasteiger partial charge in [0.1, 0.15) is 5.60 Å². The van der Waals surface area contributed by atoms with Gasteiger partial charge in [-0.05, 0) is 40.8 Å². The zero-order valence-corrected chi connectivity index (χ0v) is 18.2. The number of ether oxygens (including phenoxy) is 1. The topological polar surface area (TPSA) is 69.2 Å². The van der Waals surface area contributed by atoms with Gasteiger partial charge < -0.3 is 25.2 Å². The van der Waals surface area contributed by atoms with Crippen LogP contribution in [0.15, 0.2) is 4.99 Å². The van der Waals surface area contributed by atoms with Crippen molar-refractivity contribution in [3.05, 3.63) is 0 Å². The van der Waals surface area contributed by atoms with E-state index in [1.807, 2.05) is 20.8 Å². The monoisotopic (exact) mass is 455 g/mol. The Kier molecular flexibility index (Phi) is 10.6. The standard InChI is InChI=1S/C16H33N5O2.HI/c1-7-20(6)11-9-18-14(17-5)21-10-8-13(12-21)19-15(22)23-16(2,3)4;/h13H,7-12H2,1-6H3,(H,17,18)(H,19,22);1H. The number of halogens is 1. The first-order chi connectivity index (χ1) is 10.7. The van der Waals surface area contributed by atoms with Crippen molar-refractivity contribution in [3.63, 3.8) is 0 Å². The Morgan fingerprint density at radius 2 is 2.08 bits per heavy atom. The molecule has 0 aliphatic carbocycles. The van der Waals surface area contributed by atoms with E-state index < -0.39 is 5.60 Å². The SMILES string of the molecule is CCN(C)CCNC(=NC)N1CCC(NC(=O)OC(C)(C)C)C1.I. The van der Waals surface area contributed by atoms with Crippen LogP contribution in [0.2, 0.25) is 0 Å². The summed E-state index contributed by atoms with van der Waals surface area (Å²) in [5.74, 6) is 0.892. The molecule has 1 unspecified atom stereocenters. The van der Waals surface area contributed by atoms with Gasteiger partial charge in [-0.3, -0.25) is 4.99 Å². The lowest BCUT2D eigenvalue weighted by molar-refractivity contribution is 0.0507. The molecule has 1 saturated heterocycles. The molecule has 1 atom stereocenters. The van der Waals surface area contributed by atoms with Gasteiger partial charge in [-0.2, -0.15) is 0 Å². The van der Waals surface area contributed by atoms with E-state index in [-0.39, 0.29) is 36.1 Å². The molecule has 1 heterocycles. The van der Waals surface area contributed by atoms with Gasteiger partial charge in [-0.25, -0.2) is 4.79 Å². The predicted molar refractivity (Wildman–Crippen MR) is 109 cm³/mol. The molecule has 0 spiro atoms. The molecule has 0 aromatic rings. The van der Waals surface area contributed by atoms with Crippen LogP contribution >= 0.6 is 24.0 Å². The molecule has 8 heteroatoms. The van der Waals surface area contributed by atoms with Crippen LogP contribution in [0.25, 0.3) is 0 Å². The van der Waals surface area contributed by atoms with E-state index >= 15 is 0 Å². The Bertz CT molecular complexity index is 412. The molecular weight excluding hydrogens is 421 g/mol. The van der Waals surface area contributed by atoms with Gasteiger partial charge in [0.15, 0.2) is 5.96 Å². The second-order valence-electron chi connectivity index (χ2n) is 6.95. The highest BCUT2D eigenvalue weighted by Gasteiger charge is 2.27. The van der Waals surface area contributed by atoms with E-state index in [9.17, 15) is 4.79 Å². The third-order valence-electron chi connectivity index (χ3n) is 3.74. The van der Waals surface area contributed by atoms with E-state index in [1.54, 1.807) is 7.05 Å². The summed E-state index contributed by atoms with van der Waals surface area (Å²) in [6.45, 7) is 12.2. The van der Waals surface area contributed by atoms with E-state index in [1.165, 1.54) is 0 Å². The number of likely N-dealkylation sites (tertiary alicyclic amines) is 1. The number of carbonyl (C=O) groups excluding carboxylic acids is 1. The Morgan fingerprint density at radius 1 is 1.42 bits per heavy atom. The van der Waals surface area contributed by atoms with Crippen LogP contribution in [0.5, 0.6) is 0 Å². The van der Waals surface area contributed by atoms with Crippen molar-refractivity contribution in [2.75, 3.05) is 46.8 Å². The Hall–Kier alpha value is -0.770. The van der Waals surface area contributed by atoms with Crippen molar-refractivity contribution in [1.29, 1.82) is 0 Å². The summed E-state index contributed by atoms with van der Waals surface area (Å²) in [5.41, 5.74) is -0.467. The lowest BCUT2D eigenvalue weighted by Gasteiger charge is -2.24. The normalized spacial score (nSPS) is 18.4. The van der Waals surface area contributed by atoms with Crippen molar-refractivity contribution in [2.24, 2.45) is 4.99 Å². The van der Waals surface area contributed by atoms with Crippen LogP contribution in [-0.2, 0) is 4.74 Å². The highest BCUT2D eigenvalue weighted by molar-refractivity contribution is 14.0. The molecule has 7 nitrogen and oxygen atoms in total. The third-order valence-corrected chi connectivity index (χ3v) is 3.74. The van der Waals surface area contributed by atoms with Crippen LogP contribution < -0.4 is 10.6 Å². The van der Waals surface area contributed by atoms with Gasteiger partial charge in [0.2, 0.25) is 0 Å². The average Bonchev–Trinajstić information content (AvgIpc) is 2.89. The minimum absolute atomic E-state index is 0. The van der Waals surface area contributed by atoms with Crippen LogP contribution in [-0.4, -0.2) is 80.3 Å². The molecule has 1 aliphatic heterocycles. The third kappa shape index (κ3) is 8.91. The molecule has 1 fully saturated rings. The number of nitrogens with zero attached hydrogens (tertiary/aromatic N) is 3. The first-order valence-corrected chi connectivity index (χ1v) is 8.38. The van der Waals surface area contributed by atoms with Gasteiger partial charge in [0.25, 0.3) is 0 Å². The van der Waals surface area contributed by atoms with Gasteiger partial charge in [0, 0.05) is 33.2 Å². The van der Waals surface area contributed by atoms with E-state index in [4.69, 9.17) is 4.74 Å². The molecule has 24 heavy (non-hydrogen) atoms. The highest BCUT2D eigenvalue weighted by atomic mass is 127. The fourth-order valence-electron chi connectivity index (χ4n) is 2.39. The zero-order valence-electron chi connectivity index (χ0n) is 15.9. The van der Waals surface area contributed by atoms with Crippen molar-refractivity contribution in [2.45, 2.75) is 45.8 Å². The summed E-state index contributed by atoms with van der Waals surface area (Å²) < 4.78 is 5.31. The summed E-state index contributed by atoms with van der Waals surface area (Å²) >= 11 is 0. The summed E-state index contributed by atoms with van der Waals surface area (Å²) in [7, 11) is 3.89. The van der Waals surface area contributed by atoms with Gasteiger partial charge in [-0.1, -0.05) is 6.92 Å². The number of aliphatic imine (C=N–C) groups is 1. The average molecular weight is 455 g/mol. The number of amides is 1. The Morgan fingerprint density at radius 3 is 2.62 bits per heavy atom. The van der Waals surface area contributed by atoms with E-state index in [0.717, 1.165) is 45.1 Å². The van der Waals surface area contributed by atoms with Gasteiger partial charge in [0.05, 0.1) is 6.04 Å². The quantitative estimate of drug-likeness (QED) is 0.376. The van der Waals surface area contributed by atoms with E-state index in [0.29, 0.717) is 0 Å². The van der Waals surface area contributed by atoms with Crippen molar-refractivity contribution in [3.8, 4) is 0 Å². The van der Waals surface area contributed by atoms with Gasteiger partial charge in [-0.15, -0.1) is 24.0 Å². The summed E-state index contributed by atoms with van der Waals surface area (Å²) in [5, 5.41) is 6.31. The molecule has 1 aliphatic rings. The summed E-state index contributed by atoms with van der Waals surface area (Å²) in [4.78, 5) is 20.6. The van der Waals surface area contributed by atoms with Gasteiger partial charge >= 0.3 is 6.09 Å². The molecule has 1 rings (SSSR count). The number of rotatable bonds is 5. The molecule has 0 aromatic heterocycles. The van der Waals surface area contributed by atoms with Crippen LogP contribution in [0.1, 0.15) is 34.1 Å². The first kappa shape index (κ1) is 23.2. The first-order valence-electron chi connectivity index (χ1n) is 8.38. The molecule has 2 N–H and O–H groups in total. The maximum absolute atomic E-state index is 11.8. The number of hydrogen-bond donors (Lipinski definition) is 2. The number of nitrogens with one attached hydrogen (secondary N) is 2. The minimum atomic E-state index is -0.467. The Labute approximate surface area is 163 Å². The number of likely N-dealkylation sites (N-methyl/N-ethyl adjacent to an activating group) is 1. The number of carbonyl (C=O) groups is 1. The molecule has 0 bridgehead atoms. The van der Waals surface area contributed by atoms with Crippen LogP contribution in [0.4, 0.5) is 4.79 Å². The van der Waals surface area contributed by atoms with Crippen molar-refractivity contribution < 1.29 is 9.53 Å². The second-order valence-corrected chi connectivity index (χ2v) is 6.95. The fourth-order valence-corrected chi connectivity index (χ4v) is 2.39. The zero-order chi connectivity index (χ0) is 17.5. The van der Waals surface area contributed by atoms with Crippen molar-refractivity contribution >= 4 is 36.0 Å². The fraction of sp³-hybridized carbons (Fsp3) is 0.875. The lowest BCUT2D eigenvalue weighted by atomic mass is 10.2. The lowest BCUT2D eigenvalue weighted by Crippen LogP contribution is -2.45. The molecular formula is C16H34IN5O2. The minimum Gasteiger partial charge on any atom is -0.444 e. The summed E-state index contributed by atoms with van der Waals surface area (Å²) in [6.07, 6.45) is 0.548. The second kappa shape index (κ2) is 11.0. The number of guanidine groups is 1. The highest BCUT2D eigenvalue weighted by Crippen LogP contribution is 2.11. The maximum Gasteiger partial charge on any atom is 0.407 e. The molecule has 0 radical (unpaired) electrons.